The molecule has 2 rings (SSSR count). The molecule has 4 atom stereocenters. The van der Waals surface area contributed by atoms with Gasteiger partial charge >= 0.3 is 6.03 Å². The first kappa shape index (κ1) is 17.5. The third-order valence-electron chi connectivity index (χ3n) is 4.82. The van der Waals surface area contributed by atoms with E-state index in [1.165, 1.54) is 6.42 Å². The summed E-state index contributed by atoms with van der Waals surface area (Å²) in [5, 5.41) is 13.0. The van der Waals surface area contributed by atoms with Crippen molar-refractivity contribution in [2.75, 3.05) is 33.2 Å². The zero-order valence-electron chi connectivity index (χ0n) is 14.6. The Bertz CT molecular complexity index is 363. The third-order valence-corrected chi connectivity index (χ3v) is 4.82. The van der Waals surface area contributed by atoms with Crippen LogP contribution >= 0.6 is 0 Å². The third kappa shape index (κ3) is 5.43. The van der Waals surface area contributed by atoms with Crippen molar-refractivity contribution in [3.05, 3.63) is 0 Å². The molecule has 1 aliphatic heterocycles. The van der Waals surface area contributed by atoms with Crippen molar-refractivity contribution in [2.24, 2.45) is 17.8 Å². The fourth-order valence-electron chi connectivity index (χ4n) is 3.69. The van der Waals surface area contributed by atoms with E-state index in [0.29, 0.717) is 12.5 Å². The Morgan fingerprint density at radius 1 is 1.32 bits per heavy atom. The van der Waals surface area contributed by atoms with Crippen LogP contribution in [0.1, 0.15) is 40.0 Å². The van der Waals surface area contributed by atoms with Crippen molar-refractivity contribution >= 4 is 6.03 Å². The monoisotopic (exact) mass is 311 g/mol. The molecular weight excluding hydrogens is 278 g/mol. The van der Waals surface area contributed by atoms with E-state index < -0.39 is 0 Å². The van der Waals surface area contributed by atoms with Crippen LogP contribution in [0.2, 0.25) is 0 Å². The molecule has 0 radical (unpaired) electrons. The minimum absolute atomic E-state index is 0.0784. The van der Waals surface area contributed by atoms with Gasteiger partial charge in [0.15, 0.2) is 0 Å². The lowest BCUT2D eigenvalue weighted by Crippen LogP contribution is -2.50. The number of carbonyl (C=O) groups is 1. The van der Waals surface area contributed by atoms with E-state index in [4.69, 9.17) is 0 Å². The van der Waals surface area contributed by atoms with Gasteiger partial charge in [0.1, 0.15) is 0 Å². The Hall–Kier alpha value is -0.810. The molecule has 22 heavy (non-hydrogen) atoms. The van der Waals surface area contributed by atoms with Gasteiger partial charge in [-0.25, -0.2) is 4.79 Å². The highest BCUT2D eigenvalue weighted by Gasteiger charge is 2.31. The lowest BCUT2D eigenvalue weighted by atomic mass is 9.92. The Labute approximate surface area is 135 Å². The van der Waals surface area contributed by atoms with Crippen LogP contribution < -0.4 is 5.32 Å². The zero-order valence-corrected chi connectivity index (χ0v) is 14.6. The van der Waals surface area contributed by atoms with E-state index in [0.717, 1.165) is 44.3 Å². The van der Waals surface area contributed by atoms with Gasteiger partial charge in [-0.05, 0) is 43.9 Å². The van der Waals surface area contributed by atoms with Crippen molar-refractivity contribution in [1.29, 1.82) is 0 Å². The number of urea groups is 1. The van der Waals surface area contributed by atoms with Gasteiger partial charge in [0.05, 0.1) is 6.10 Å². The summed E-state index contributed by atoms with van der Waals surface area (Å²) in [6.07, 6.45) is 3.13. The molecule has 0 aromatic heterocycles. The number of nitrogens with one attached hydrogen (secondary N) is 1. The summed E-state index contributed by atoms with van der Waals surface area (Å²) in [4.78, 5) is 16.3. The van der Waals surface area contributed by atoms with E-state index in [9.17, 15) is 9.90 Å². The van der Waals surface area contributed by atoms with Crippen molar-refractivity contribution in [3.63, 3.8) is 0 Å². The molecule has 4 unspecified atom stereocenters. The van der Waals surface area contributed by atoms with Crippen molar-refractivity contribution in [3.8, 4) is 0 Å². The molecule has 2 amide bonds. The first-order valence-electron chi connectivity index (χ1n) is 8.77. The Kier molecular flexibility index (Phi) is 6.09. The molecule has 1 saturated heterocycles. The van der Waals surface area contributed by atoms with Crippen LogP contribution in [-0.2, 0) is 0 Å². The molecule has 0 bridgehead atoms. The Morgan fingerprint density at radius 3 is 2.45 bits per heavy atom. The van der Waals surface area contributed by atoms with Crippen LogP contribution in [0.3, 0.4) is 0 Å². The second-order valence-corrected chi connectivity index (χ2v) is 7.80. The highest BCUT2D eigenvalue weighted by atomic mass is 16.3. The number of nitrogens with zero attached hydrogens (tertiary/aromatic N) is 2. The maximum absolute atomic E-state index is 12.2. The fourth-order valence-corrected chi connectivity index (χ4v) is 3.69. The van der Waals surface area contributed by atoms with Crippen LogP contribution in [0.15, 0.2) is 0 Å². The topological polar surface area (TPSA) is 55.8 Å². The van der Waals surface area contributed by atoms with E-state index in [1.54, 1.807) is 11.9 Å². The summed E-state index contributed by atoms with van der Waals surface area (Å²) in [6, 6.07) is 0.0517. The molecule has 0 aromatic rings. The summed E-state index contributed by atoms with van der Waals surface area (Å²) < 4.78 is 0. The molecule has 2 fully saturated rings. The molecule has 2 aliphatic rings. The molecular formula is C17H33N3O2. The maximum Gasteiger partial charge on any atom is 0.317 e. The SMILES string of the molecule is CC1CC(C)CN(CC(C)NC(=O)N(C)CC(O)C2CC2)C1. The standard InChI is InChI=1S/C17H33N3O2/c1-12-7-13(2)9-20(8-12)10-14(3)18-17(22)19(4)11-16(21)15-5-6-15/h12-16,21H,5-11H2,1-4H3,(H,18,22). The molecule has 1 heterocycles. The quantitative estimate of drug-likeness (QED) is 0.786. The number of hydrogen-bond acceptors (Lipinski definition) is 3. The van der Waals surface area contributed by atoms with E-state index in [1.807, 2.05) is 0 Å². The van der Waals surface area contributed by atoms with Gasteiger partial charge in [-0.2, -0.15) is 0 Å². The highest BCUT2D eigenvalue weighted by Crippen LogP contribution is 2.32. The average Bonchev–Trinajstić information content (AvgIpc) is 3.20. The smallest absolute Gasteiger partial charge is 0.317 e. The predicted molar refractivity (Wildman–Crippen MR) is 88.7 cm³/mol. The average molecular weight is 311 g/mol. The summed E-state index contributed by atoms with van der Waals surface area (Å²) in [7, 11) is 1.76. The van der Waals surface area contributed by atoms with Gasteiger partial charge in [0, 0.05) is 39.3 Å². The molecule has 128 valence electrons. The molecule has 0 spiro atoms. The van der Waals surface area contributed by atoms with Crippen LogP contribution in [0.5, 0.6) is 0 Å². The van der Waals surface area contributed by atoms with Gasteiger partial charge in [0.25, 0.3) is 0 Å². The first-order valence-corrected chi connectivity index (χ1v) is 8.77. The minimum Gasteiger partial charge on any atom is -0.391 e. The van der Waals surface area contributed by atoms with Gasteiger partial charge in [-0.3, -0.25) is 0 Å². The molecule has 5 nitrogen and oxygen atoms in total. The van der Waals surface area contributed by atoms with E-state index >= 15 is 0 Å². The highest BCUT2D eigenvalue weighted by molar-refractivity contribution is 5.74. The molecule has 1 saturated carbocycles. The Balaban J connectivity index is 1.70. The molecule has 1 aliphatic carbocycles. The van der Waals surface area contributed by atoms with Crippen molar-refractivity contribution < 1.29 is 9.90 Å². The summed E-state index contributed by atoms with van der Waals surface area (Å²) in [5.74, 6) is 1.88. The number of rotatable bonds is 6. The Morgan fingerprint density at radius 2 is 1.91 bits per heavy atom. The number of likely N-dealkylation sites (tertiary alicyclic amines) is 1. The van der Waals surface area contributed by atoms with Gasteiger partial charge in [0.2, 0.25) is 0 Å². The van der Waals surface area contributed by atoms with E-state index in [2.05, 4.69) is 31.0 Å². The van der Waals surface area contributed by atoms with Crippen LogP contribution in [0.4, 0.5) is 4.79 Å². The zero-order chi connectivity index (χ0) is 16.3. The van der Waals surface area contributed by atoms with E-state index in [-0.39, 0.29) is 18.2 Å². The number of aliphatic hydroxyl groups is 1. The number of aliphatic hydroxyl groups excluding tert-OH is 1. The van der Waals surface area contributed by atoms with Gasteiger partial charge < -0.3 is 20.2 Å². The number of piperidine rings is 1. The molecule has 0 aromatic carbocycles. The van der Waals surface area contributed by atoms with Crippen LogP contribution in [0, 0.1) is 17.8 Å². The van der Waals surface area contributed by atoms with Crippen LogP contribution in [0.25, 0.3) is 0 Å². The lowest BCUT2D eigenvalue weighted by Gasteiger charge is -2.36. The molecule has 5 heteroatoms. The largest absolute Gasteiger partial charge is 0.391 e. The number of carbonyl (C=O) groups excluding carboxylic acids is 1. The van der Waals surface area contributed by atoms with Crippen molar-refractivity contribution in [2.45, 2.75) is 52.2 Å². The second-order valence-electron chi connectivity index (χ2n) is 7.80. The summed E-state index contributed by atoms with van der Waals surface area (Å²) in [5.41, 5.74) is 0. The predicted octanol–water partition coefficient (Wildman–Crippen LogP) is 1.77. The van der Waals surface area contributed by atoms with Crippen molar-refractivity contribution in [1.82, 2.24) is 15.1 Å². The minimum atomic E-state index is -0.366. The maximum atomic E-state index is 12.2. The van der Waals surface area contributed by atoms with Crippen LogP contribution in [-0.4, -0.2) is 66.3 Å². The second kappa shape index (κ2) is 7.64. The van der Waals surface area contributed by atoms with Gasteiger partial charge in [-0.1, -0.05) is 13.8 Å². The lowest BCUT2D eigenvalue weighted by molar-refractivity contribution is 0.109. The van der Waals surface area contributed by atoms with Gasteiger partial charge in [-0.15, -0.1) is 0 Å². The number of likely N-dealkylation sites (N-methyl/N-ethyl adjacent to an activating group) is 1. The fraction of sp³-hybridized carbons (Fsp3) is 0.941. The number of amides is 2. The first-order chi connectivity index (χ1) is 10.3. The summed E-state index contributed by atoms with van der Waals surface area (Å²) in [6.45, 7) is 10.3. The number of hydrogen-bond donors (Lipinski definition) is 2. The summed E-state index contributed by atoms with van der Waals surface area (Å²) >= 11 is 0. The normalized spacial score (nSPS) is 29.0. The molecule has 2 N–H and O–H groups in total.